The second kappa shape index (κ2) is 8.77. The third kappa shape index (κ3) is 5.14. The minimum atomic E-state index is -1.09. The molecular weight excluding hydrogens is 360 g/mol. The quantitative estimate of drug-likeness (QED) is 0.559. The Morgan fingerprint density at radius 3 is 2.64 bits per heavy atom. The van der Waals surface area contributed by atoms with Crippen molar-refractivity contribution in [3.05, 3.63) is 40.8 Å². The van der Waals surface area contributed by atoms with Crippen LogP contribution in [-0.4, -0.2) is 44.7 Å². The smallest absolute Gasteiger partial charge is 0.326 e. The molecule has 1 heterocycles. The molecule has 1 aliphatic rings. The van der Waals surface area contributed by atoms with Crippen molar-refractivity contribution in [2.45, 2.75) is 25.8 Å². The first-order chi connectivity index (χ1) is 11.9. The third-order valence-electron chi connectivity index (χ3n) is 3.48. The van der Waals surface area contributed by atoms with Gasteiger partial charge in [-0.3, -0.25) is 14.5 Å². The van der Waals surface area contributed by atoms with Crippen LogP contribution in [0.15, 0.2) is 35.2 Å². The van der Waals surface area contributed by atoms with Crippen LogP contribution in [0.2, 0.25) is 0 Å². The lowest BCUT2D eigenvalue weighted by Gasteiger charge is -2.17. The Balaban J connectivity index is 2.04. The highest BCUT2D eigenvalue weighted by Gasteiger charge is 2.34. The lowest BCUT2D eigenvalue weighted by Crippen LogP contribution is -2.46. The number of carboxylic acid groups (broad SMARTS) is 1. The number of carboxylic acids is 1. The van der Waals surface area contributed by atoms with E-state index in [1.54, 1.807) is 6.08 Å². The molecule has 6 nitrogen and oxygen atoms in total. The van der Waals surface area contributed by atoms with Gasteiger partial charge >= 0.3 is 5.97 Å². The van der Waals surface area contributed by atoms with E-state index in [0.717, 1.165) is 17.3 Å². The largest absolute Gasteiger partial charge is 0.480 e. The van der Waals surface area contributed by atoms with Gasteiger partial charge in [0.2, 0.25) is 5.91 Å². The number of nitrogens with one attached hydrogen (secondary N) is 1. The Morgan fingerprint density at radius 1 is 1.36 bits per heavy atom. The van der Waals surface area contributed by atoms with E-state index in [0.29, 0.717) is 17.7 Å². The fourth-order valence-electron chi connectivity index (χ4n) is 2.27. The molecule has 132 valence electrons. The van der Waals surface area contributed by atoms with Crippen molar-refractivity contribution in [1.29, 1.82) is 0 Å². The van der Waals surface area contributed by atoms with Gasteiger partial charge in [-0.05, 0) is 18.1 Å². The van der Waals surface area contributed by atoms with Crippen molar-refractivity contribution < 1.29 is 19.5 Å². The van der Waals surface area contributed by atoms with Crippen molar-refractivity contribution in [2.75, 3.05) is 6.54 Å². The molecule has 1 unspecified atom stereocenters. The number of thiocarbonyl (C=S) groups is 1. The number of benzene rings is 1. The summed E-state index contributed by atoms with van der Waals surface area (Å²) < 4.78 is 0.282. The lowest BCUT2D eigenvalue weighted by molar-refractivity contribution is -0.142. The molecule has 1 saturated heterocycles. The Labute approximate surface area is 155 Å². The van der Waals surface area contributed by atoms with Crippen LogP contribution in [0.5, 0.6) is 0 Å². The van der Waals surface area contributed by atoms with E-state index in [4.69, 9.17) is 17.3 Å². The summed E-state index contributed by atoms with van der Waals surface area (Å²) in [5, 5.41) is 11.5. The summed E-state index contributed by atoms with van der Waals surface area (Å²) in [4.78, 5) is 37.3. The Morgan fingerprint density at radius 2 is 2.04 bits per heavy atom. The van der Waals surface area contributed by atoms with Crippen molar-refractivity contribution in [3.63, 3.8) is 0 Å². The standard InChI is InChI=1S/C17H18N2O4S2/c1-2-6-12(16(22)23)18-14(20)10-19-15(21)13(25-17(19)24)9-11-7-4-3-5-8-11/h3-5,7-9,12H,2,6,10H2,1H3,(H,18,20)(H,22,23)/b13-9+. The molecule has 1 aliphatic heterocycles. The molecule has 1 aromatic carbocycles. The van der Waals surface area contributed by atoms with Crippen LogP contribution in [0.25, 0.3) is 6.08 Å². The van der Waals surface area contributed by atoms with Crippen LogP contribution < -0.4 is 5.32 Å². The summed E-state index contributed by atoms with van der Waals surface area (Å²) in [7, 11) is 0. The summed E-state index contributed by atoms with van der Waals surface area (Å²) in [5.41, 5.74) is 0.862. The number of hydrogen-bond acceptors (Lipinski definition) is 5. The Hall–Kier alpha value is -2.19. The van der Waals surface area contributed by atoms with E-state index in [9.17, 15) is 14.4 Å². The fraction of sp³-hybridized carbons (Fsp3) is 0.294. The van der Waals surface area contributed by atoms with Gasteiger partial charge in [-0.15, -0.1) is 0 Å². The first kappa shape index (κ1) is 19.1. The van der Waals surface area contributed by atoms with Crippen LogP contribution >= 0.6 is 24.0 Å². The molecule has 0 aliphatic carbocycles. The minimum absolute atomic E-state index is 0.282. The SMILES string of the molecule is CCCC(NC(=O)CN1C(=O)/C(=C\c2ccccc2)SC1=S)C(=O)O. The highest BCUT2D eigenvalue weighted by molar-refractivity contribution is 8.26. The normalized spacial score (nSPS) is 17.0. The van der Waals surface area contributed by atoms with Gasteiger partial charge in [-0.2, -0.15) is 0 Å². The molecule has 8 heteroatoms. The van der Waals surface area contributed by atoms with Gasteiger partial charge in [0.25, 0.3) is 5.91 Å². The summed E-state index contributed by atoms with van der Waals surface area (Å²) in [6.45, 7) is 1.54. The van der Waals surface area contributed by atoms with Crippen LogP contribution in [0.3, 0.4) is 0 Å². The van der Waals surface area contributed by atoms with Crippen LogP contribution in [-0.2, 0) is 14.4 Å². The average Bonchev–Trinajstić information content (AvgIpc) is 2.83. The molecule has 1 fully saturated rings. The number of nitrogens with zero attached hydrogens (tertiary/aromatic N) is 1. The first-order valence-electron chi connectivity index (χ1n) is 7.75. The molecule has 2 amide bonds. The van der Waals surface area contributed by atoms with Crippen molar-refractivity contribution in [3.8, 4) is 0 Å². The maximum absolute atomic E-state index is 12.5. The Kier molecular flexibility index (Phi) is 6.72. The van der Waals surface area contributed by atoms with E-state index in [-0.39, 0.29) is 16.8 Å². The van der Waals surface area contributed by atoms with E-state index >= 15 is 0 Å². The molecule has 0 radical (unpaired) electrons. The minimum Gasteiger partial charge on any atom is -0.480 e. The number of rotatable bonds is 7. The zero-order chi connectivity index (χ0) is 18.4. The van der Waals surface area contributed by atoms with E-state index in [2.05, 4.69) is 5.32 Å². The number of aliphatic carboxylic acids is 1. The first-order valence-corrected chi connectivity index (χ1v) is 8.97. The van der Waals surface area contributed by atoms with Crippen molar-refractivity contribution >= 4 is 52.2 Å². The van der Waals surface area contributed by atoms with Gasteiger partial charge in [0.15, 0.2) is 0 Å². The zero-order valence-electron chi connectivity index (χ0n) is 13.6. The Bertz CT molecular complexity index is 719. The predicted octanol–water partition coefficient (Wildman–Crippen LogP) is 2.26. The second-order valence-electron chi connectivity index (χ2n) is 5.43. The number of hydrogen-bond donors (Lipinski definition) is 2. The molecular formula is C17H18N2O4S2. The second-order valence-corrected chi connectivity index (χ2v) is 7.10. The van der Waals surface area contributed by atoms with Crippen LogP contribution in [0, 0.1) is 0 Å². The van der Waals surface area contributed by atoms with Gasteiger partial charge in [0.05, 0.1) is 4.91 Å². The highest BCUT2D eigenvalue weighted by atomic mass is 32.2. The van der Waals surface area contributed by atoms with E-state index in [1.807, 2.05) is 37.3 Å². The highest BCUT2D eigenvalue weighted by Crippen LogP contribution is 2.32. The van der Waals surface area contributed by atoms with Gasteiger partial charge in [0.1, 0.15) is 16.9 Å². The van der Waals surface area contributed by atoms with Gasteiger partial charge in [-0.25, -0.2) is 4.79 Å². The molecule has 1 aromatic rings. The van der Waals surface area contributed by atoms with Crippen LogP contribution in [0.4, 0.5) is 0 Å². The number of carbonyl (C=O) groups is 3. The molecule has 0 saturated carbocycles. The summed E-state index contributed by atoms with van der Waals surface area (Å²) >= 11 is 6.30. The topological polar surface area (TPSA) is 86.7 Å². The number of amides is 2. The third-order valence-corrected chi connectivity index (χ3v) is 4.86. The van der Waals surface area contributed by atoms with Crippen molar-refractivity contribution in [1.82, 2.24) is 10.2 Å². The van der Waals surface area contributed by atoms with E-state index < -0.39 is 17.9 Å². The molecule has 2 rings (SSSR count). The summed E-state index contributed by atoms with van der Waals surface area (Å²) in [6, 6.07) is 8.36. The number of carbonyl (C=O) groups excluding carboxylic acids is 2. The fourth-order valence-corrected chi connectivity index (χ4v) is 3.52. The molecule has 1 atom stereocenters. The molecule has 25 heavy (non-hydrogen) atoms. The molecule has 0 spiro atoms. The van der Waals surface area contributed by atoms with Gasteiger partial charge in [0, 0.05) is 0 Å². The monoisotopic (exact) mass is 378 g/mol. The zero-order valence-corrected chi connectivity index (χ0v) is 15.2. The van der Waals surface area contributed by atoms with Gasteiger partial charge in [-0.1, -0.05) is 67.7 Å². The lowest BCUT2D eigenvalue weighted by atomic mass is 10.1. The molecule has 0 aromatic heterocycles. The predicted molar refractivity (Wildman–Crippen MR) is 101 cm³/mol. The number of thioether (sulfide) groups is 1. The van der Waals surface area contributed by atoms with Gasteiger partial charge < -0.3 is 10.4 Å². The molecule has 0 bridgehead atoms. The molecule has 2 N–H and O–H groups in total. The average molecular weight is 378 g/mol. The summed E-state index contributed by atoms with van der Waals surface area (Å²) in [6.07, 6.45) is 2.67. The van der Waals surface area contributed by atoms with E-state index in [1.165, 1.54) is 4.90 Å². The van der Waals surface area contributed by atoms with Crippen molar-refractivity contribution in [2.24, 2.45) is 0 Å². The maximum Gasteiger partial charge on any atom is 0.326 e. The maximum atomic E-state index is 12.5. The van der Waals surface area contributed by atoms with Crippen LogP contribution in [0.1, 0.15) is 25.3 Å². The summed E-state index contributed by atoms with van der Waals surface area (Å²) in [5.74, 6) is -1.99.